The van der Waals surface area contributed by atoms with Gasteiger partial charge >= 0.3 is 0 Å². The molecule has 0 unspecified atom stereocenters. The normalized spacial score (nSPS) is 11.7. The fraction of sp³-hybridized carbons (Fsp3) is 0.0769. The van der Waals surface area contributed by atoms with E-state index in [0.717, 1.165) is 21.6 Å². The molecule has 0 aliphatic heterocycles. The Bertz CT molecular complexity index is 890. The lowest BCUT2D eigenvalue weighted by Crippen LogP contribution is -2.12. The highest BCUT2D eigenvalue weighted by Gasteiger charge is 2.09. The number of benzene rings is 1. The fourth-order valence-electron chi connectivity index (χ4n) is 1.93. The number of sulfonamides is 1. The molecule has 1 aromatic carbocycles. The molecular formula is C13H12N4O2S2. The van der Waals surface area contributed by atoms with Gasteiger partial charge in [-0.15, -0.1) is 11.3 Å². The summed E-state index contributed by atoms with van der Waals surface area (Å²) in [4.78, 5) is 8.48. The van der Waals surface area contributed by atoms with Crippen LogP contribution in [0.15, 0.2) is 46.9 Å². The maximum atomic E-state index is 11.3. The number of aromatic nitrogens is 2. The first-order valence-corrected chi connectivity index (χ1v) is 8.50. The maximum Gasteiger partial charge on any atom is 0.238 e. The quantitative estimate of drug-likeness (QED) is 0.765. The topological polar surface area (TPSA) is 98.0 Å². The molecule has 0 saturated carbocycles. The predicted octanol–water partition coefficient (Wildman–Crippen LogP) is 1.95. The van der Waals surface area contributed by atoms with Gasteiger partial charge in [0.25, 0.3) is 0 Å². The average Bonchev–Trinajstić information content (AvgIpc) is 2.93. The van der Waals surface area contributed by atoms with Gasteiger partial charge in [0.2, 0.25) is 10.0 Å². The Balaban J connectivity index is 1.84. The van der Waals surface area contributed by atoms with E-state index in [9.17, 15) is 8.42 Å². The predicted molar refractivity (Wildman–Crippen MR) is 82.6 cm³/mol. The molecule has 3 N–H and O–H groups in total. The zero-order valence-corrected chi connectivity index (χ0v) is 12.5. The fourth-order valence-corrected chi connectivity index (χ4v) is 3.33. The molecule has 0 aliphatic rings. The third kappa shape index (κ3) is 3.02. The van der Waals surface area contributed by atoms with Crippen molar-refractivity contribution in [1.29, 1.82) is 0 Å². The second-order valence-corrected chi connectivity index (χ2v) is 6.88. The van der Waals surface area contributed by atoms with Gasteiger partial charge in [-0.05, 0) is 29.1 Å². The van der Waals surface area contributed by atoms with Crippen molar-refractivity contribution in [2.45, 2.75) is 11.4 Å². The SMILES string of the molecule is NS(=O)(=O)c1cccc(CNc2ncnc3ccsc23)c1. The summed E-state index contributed by atoms with van der Waals surface area (Å²) in [5.74, 6) is 0.732. The van der Waals surface area contributed by atoms with Crippen LogP contribution in [0.3, 0.4) is 0 Å². The Morgan fingerprint density at radius 1 is 1.24 bits per heavy atom. The molecule has 0 bridgehead atoms. The number of hydrogen-bond acceptors (Lipinski definition) is 6. The van der Waals surface area contributed by atoms with Crippen LogP contribution < -0.4 is 10.5 Å². The number of nitrogens with one attached hydrogen (secondary N) is 1. The number of rotatable bonds is 4. The number of fused-ring (bicyclic) bond motifs is 1. The smallest absolute Gasteiger partial charge is 0.238 e. The molecule has 0 saturated heterocycles. The van der Waals surface area contributed by atoms with Crippen molar-refractivity contribution in [1.82, 2.24) is 9.97 Å². The zero-order valence-electron chi connectivity index (χ0n) is 10.9. The van der Waals surface area contributed by atoms with Gasteiger partial charge in [0.15, 0.2) is 0 Å². The minimum absolute atomic E-state index is 0.103. The highest BCUT2D eigenvalue weighted by atomic mass is 32.2. The molecule has 0 atom stereocenters. The molecule has 0 aliphatic carbocycles. The van der Waals surface area contributed by atoms with Crippen molar-refractivity contribution in [3.05, 3.63) is 47.6 Å². The van der Waals surface area contributed by atoms with Gasteiger partial charge in [-0.25, -0.2) is 23.5 Å². The van der Waals surface area contributed by atoms with Gasteiger partial charge < -0.3 is 5.32 Å². The molecule has 2 heterocycles. The largest absolute Gasteiger partial charge is 0.365 e. The molecule has 0 fully saturated rings. The Hall–Kier alpha value is -2.03. The monoisotopic (exact) mass is 320 g/mol. The summed E-state index contributed by atoms with van der Waals surface area (Å²) in [6.07, 6.45) is 1.50. The van der Waals surface area contributed by atoms with Crippen molar-refractivity contribution >= 4 is 37.4 Å². The number of primary sulfonamides is 1. The van der Waals surface area contributed by atoms with Crippen molar-refractivity contribution in [2.24, 2.45) is 5.14 Å². The Labute approximate surface area is 125 Å². The summed E-state index contributed by atoms with van der Waals surface area (Å²) in [6, 6.07) is 8.44. The molecule has 0 radical (unpaired) electrons. The van der Waals surface area contributed by atoms with Gasteiger partial charge in [-0.2, -0.15) is 0 Å². The van der Waals surface area contributed by atoms with Crippen LogP contribution in [0, 0.1) is 0 Å². The van der Waals surface area contributed by atoms with E-state index in [0.29, 0.717) is 6.54 Å². The summed E-state index contributed by atoms with van der Waals surface area (Å²) in [7, 11) is -3.69. The summed E-state index contributed by atoms with van der Waals surface area (Å²) in [5, 5.41) is 10.3. The highest BCUT2D eigenvalue weighted by Crippen LogP contribution is 2.25. The Morgan fingerprint density at radius 2 is 2.10 bits per heavy atom. The van der Waals surface area contributed by atoms with E-state index in [1.807, 2.05) is 17.5 Å². The lowest BCUT2D eigenvalue weighted by Gasteiger charge is -2.07. The lowest BCUT2D eigenvalue weighted by molar-refractivity contribution is 0.597. The third-order valence-corrected chi connectivity index (χ3v) is 4.75. The van der Waals surface area contributed by atoms with Crippen molar-refractivity contribution in [3.63, 3.8) is 0 Å². The van der Waals surface area contributed by atoms with Gasteiger partial charge in [-0.3, -0.25) is 0 Å². The van der Waals surface area contributed by atoms with E-state index in [1.54, 1.807) is 23.5 Å². The molecule has 108 valence electrons. The average molecular weight is 320 g/mol. The Morgan fingerprint density at radius 3 is 2.90 bits per heavy atom. The van der Waals surface area contributed by atoms with E-state index >= 15 is 0 Å². The minimum Gasteiger partial charge on any atom is -0.365 e. The lowest BCUT2D eigenvalue weighted by atomic mass is 10.2. The number of nitrogens with two attached hydrogens (primary N) is 1. The maximum absolute atomic E-state index is 11.3. The van der Waals surface area contributed by atoms with E-state index in [2.05, 4.69) is 15.3 Å². The molecule has 8 heteroatoms. The van der Waals surface area contributed by atoms with Crippen LogP contribution in [0.4, 0.5) is 5.82 Å². The van der Waals surface area contributed by atoms with E-state index in [1.165, 1.54) is 12.4 Å². The number of hydrogen-bond donors (Lipinski definition) is 2. The van der Waals surface area contributed by atoms with Crippen LogP contribution >= 0.6 is 11.3 Å². The van der Waals surface area contributed by atoms with Crippen molar-refractivity contribution in [3.8, 4) is 0 Å². The van der Waals surface area contributed by atoms with Crippen LogP contribution in [0.2, 0.25) is 0 Å². The third-order valence-electron chi connectivity index (χ3n) is 2.93. The number of anilines is 1. The van der Waals surface area contributed by atoms with Gasteiger partial charge in [0.05, 0.1) is 15.1 Å². The van der Waals surface area contributed by atoms with E-state index in [4.69, 9.17) is 5.14 Å². The molecule has 3 rings (SSSR count). The Kier molecular flexibility index (Phi) is 3.58. The van der Waals surface area contributed by atoms with Crippen LogP contribution in [0.25, 0.3) is 10.2 Å². The number of thiophene rings is 1. The molecule has 0 spiro atoms. The molecular weight excluding hydrogens is 308 g/mol. The van der Waals surface area contributed by atoms with Gasteiger partial charge in [0.1, 0.15) is 12.1 Å². The van der Waals surface area contributed by atoms with Crippen molar-refractivity contribution < 1.29 is 8.42 Å². The second kappa shape index (κ2) is 5.40. The first-order valence-electron chi connectivity index (χ1n) is 6.08. The van der Waals surface area contributed by atoms with Crippen LogP contribution in [0.1, 0.15) is 5.56 Å². The molecule has 6 nitrogen and oxygen atoms in total. The van der Waals surface area contributed by atoms with E-state index in [-0.39, 0.29) is 4.90 Å². The molecule has 21 heavy (non-hydrogen) atoms. The highest BCUT2D eigenvalue weighted by molar-refractivity contribution is 7.89. The van der Waals surface area contributed by atoms with Crippen LogP contribution in [0.5, 0.6) is 0 Å². The molecule has 0 amide bonds. The zero-order chi connectivity index (χ0) is 14.9. The van der Waals surface area contributed by atoms with Gasteiger partial charge in [-0.1, -0.05) is 12.1 Å². The van der Waals surface area contributed by atoms with Crippen LogP contribution in [-0.2, 0) is 16.6 Å². The minimum atomic E-state index is -3.69. The first-order chi connectivity index (χ1) is 10.0. The molecule has 3 aromatic rings. The van der Waals surface area contributed by atoms with Crippen LogP contribution in [-0.4, -0.2) is 18.4 Å². The summed E-state index contributed by atoms with van der Waals surface area (Å²) in [5.41, 5.74) is 1.70. The summed E-state index contributed by atoms with van der Waals surface area (Å²) >= 11 is 1.55. The summed E-state index contributed by atoms with van der Waals surface area (Å²) in [6.45, 7) is 0.452. The summed E-state index contributed by atoms with van der Waals surface area (Å²) < 4.78 is 23.6. The molecule has 2 aromatic heterocycles. The standard InChI is InChI=1S/C13H12N4O2S2/c14-21(18,19)10-3-1-2-9(6-10)7-15-13-12-11(4-5-20-12)16-8-17-13/h1-6,8H,7H2,(H2,14,18,19)(H,15,16,17). The van der Waals surface area contributed by atoms with Gasteiger partial charge in [0, 0.05) is 6.54 Å². The van der Waals surface area contributed by atoms with Crippen molar-refractivity contribution in [2.75, 3.05) is 5.32 Å². The number of nitrogens with zero attached hydrogens (tertiary/aromatic N) is 2. The first kappa shape index (κ1) is 13.9. The van der Waals surface area contributed by atoms with E-state index < -0.39 is 10.0 Å². The second-order valence-electron chi connectivity index (χ2n) is 4.40.